The maximum atomic E-state index is 5.84. The quantitative estimate of drug-likeness (QED) is 0.775. The fourth-order valence-corrected chi connectivity index (χ4v) is 2.07. The fourth-order valence-electron chi connectivity index (χ4n) is 1.95. The molecular formula is C16H14ClN3O. The molecule has 0 bridgehead atoms. The van der Waals surface area contributed by atoms with Gasteiger partial charge in [0.1, 0.15) is 0 Å². The zero-order valence-electron chi connectivity index (χ0n) is 11.3. The van der Waals surface area contributed by atoms with Crippen molar-refractivity contribution in [3.05, 3.63) is 77.0 Å². The Morgan fingerprint density at radius 3 is 2.38 bits per heavy atom. The highest BCUT2D eigenvalue weighted by molar-refractivity contribution is 6.30. The van der Waals surface area contributed by atoms with E-state index < -0.39 is 0 Å². The van der Waals surface area contributed by atoms with Gasteiger partial charge in [-0.05, 0) is 29.8 Å². The average molecular weight is 300 g/mol. The van der Waals surface area contributed by atoms with Gasteiger partial charge in [-0.3, -0.25) is 0 Å². The summed E-state index contributed by atoms with van der Waals surface area (Å²) in [6.07, 6.45) is 0.648. The maximum absolute atomic E-state index is 5.84. The van der Waals surface area contributed by atoms with Gasteiger partial charge in [-0.15, -0.1) is 10.2 Å². The second-order valence-corrected chi connectivity index (χ2v) is 5.05. The van der Waals surface area contributed by atoms with Gasteiger partial charge in [0.05, 0.1) is 13.0 Å². The molecule has 21 heavy (non-hydrogen) atoms. The summed E-state index contributed by atoms with van der Waals surface area (Å²) in [5, 5.41) is 12.0. The Bertz CT molecular complexity index is 695. The summed E-state index contributed by atoms with van der Waals surface area (Å²) in [5.74, 6) is 1.19. The van der Waals surface area contributed by atoms with Crippen molar-refractivity contribution in [2.75, 3.05) is 5.32 Å². The second kappa shape index (κ2) is 6.41. The molecule has 5 heteroatoms. The molecule has 0 amide bonds. The van der Waals surface area contributed by atoms with Gasteiger partial charge in [-0.2, -0.15) is 0 Å². The van der Waals surface area contributed by atoms with Crippen molar-refractivity contribution in [2.45, 2.75) is 13.0 Å². The molecule has 1 N–H and O–H groups in total. The summed E-state index contributed by atoms with van der Waals surface area (Å²) in [7, 11) is 0. The largest absolute Gasteiger partial charge is 0.423 e. The lowest BCUT2D eigenvalue weighted by molar-refractivity contribution is 0.464. The molecule has 3 aromatic rings. The molecule has 0 saturated heterocycles. The molecule has 0 atom stereocenters. The van der Waals surface area contributed by atoms with Crippen LogP contribution in [0.25, 0.3) is 0 Å². The molecule has 4 nitrogen and oxygen atoms in total. The monoisotopic (exact) mass is 299 g/mol. The summed E-state index contributed by atoms with van der Waals surface area (Å²) in [6, 6.07) is 17.5. The molecule has 106 valence electrons. The Hall–Kier alpha value is -2.33. The lowest BCUT2D eigenvalue weighted by Crippen LogP contribution is -1.99. The molecule has 0 aliphatic rings. The first kappa shape index (κ1) is 13.6. The van der Waals surface area contributed by atoms with Crippen LogP contribution in [-0.2, 0) is 13.0 Å². The zero-order valence-corrected chi connectivity index (χ0v) is 12.0. The number of nitrogens with zero attached hydrogens (tertiary/aromatic N) is 2. The van der Waals surface area contributed by atoms with Gasteiger partial charge in [-0.25, -0.2) is 0 Å². The number of rotatable bonds is 5. The van der Waals surface area contributed by atoms with Crippen LogP contribution >= 0.6 is 11.6 Å². The van der Waals surface area contributed by atoms with Crippen LogP contribution in [0.5, 0.6) is 0 Å². The molecule has 3 rings (SSSR count). The highest BCUT2D eigenvalue weighted by Gasteiger charge is 2.06. The molecule has 0 aliphatic carbocycles. The van der Waals surface area contributed by atoms with Gasteiger partial charge in [0.2, 0.25) is 11.8 Å². The Balaban J connectivity index is 1.59. The van der Waals surface area contributed by atoms with Gasteiger partial charge in [0.25, 0.3) is 0 Å². The first-order chi connectivity index (χ1) is 10.3. The predicted octanol–water partition coefficient (Wildman–Crippen LogP) is 3.93. The highest BCUT2D eigenvalue weighted by Crippen LogP contribution is 2.14. The van der Waals surface area contributed by atoms with E-state index in [1.54, 1.807) is 0 Å². The third kappa shape index (κ3) is 3.83. The van der Waals surface area contributed by atoms with E-state index in [0.717, 1.165) is 11.3 Å². The topological polar surface area (TPSA) is 51.0 Å². The van der Waals surface area contributed by atoms with Crippen LogP contribution in [0.1, 0.15) is 17.3 Å². The smallest absolute Gasteiger partial charge is 0.235 e. The second-order valence-electron chi connectivity index (χ2n) is 4.61. The van der Waals surface area contributed by atoms with Crippen molar-refractivity contribution in [1.82, 2.24) is 10.2 Å². The van der Waals surface area contributed by atoms with Gasteiger partial charge < -0.3 is 9.73 Å². The number of nitrogens with one attached hydrogen (secondary N) is 1. The van der Waals surface area contributed by atoms with Crippen LogP contribution in [0.2, 0.25) is 5.02 Å². The van der Waals surface area contributed by atoms with Crippen molar-refractivity contribution in [1.29, 1.82) is 0 Å². The molecular weight excluding hydrogens is 286 g/mol. The van der Waals surface area contributed by atoms with Crippen molar-refractivity contribution in [3.8, 4) is 0 Å². The van der Waals surface area contributed by atoms with E-state index in [1.807, 2.05) is 54.6 Å². The first-order valence-corrected chi connectivity index (χ1v) is 7.02. The normalized spacial score (nSPS) is 10.5. The number of hydrogen-bond acceptors (Lipinski definition) is 4. The minimum absolute atomic E-state index is 0.490. The summed E-state index contributed by atoms with van der Waals surface area (Å²) in [5.41, 5.74) is 2.11. The van der Waals surface area contributed by atoms with Crippen LogP contribution in [0.15, 0.2) is 59.0 Å². The van der Waals surface area contributed by atoms with Gasteiger partial charge in [0.15, 0.2) is 0 Å². The standard InChI is InChI=1S/C16H14ClN3O/c17-13-6-8-14(9-7-13)18-11-16-20-19-15(21-16)10-12-4-2-1-3-5-12/h1-9,18H,10-11H2. The average Bonchev–Trinajstić information content (AvgIpc) is 2.95. The van der Waals surface area contributed by atoms with Crippen LogP contribution in [0.3, 0.4) is 0 Å². The number of anilines is 1. The third-order valence-corrected chi connectivity index (χ3v) is 3.25. The Kier molecular flexibility index (Phi) is 4.17. The minimum atomic E-state index is 0.490. The molecule has 0 spiro atoms. The molecule has 2 aromatic carbocycles. The van der Waals surface area contributed by atoms with Crippen molar-refractivity contribution < 1.29 is 4.42 Å². The summed E-state index contributed by atoms with van der Waals surface area (Å²) in [4.78, 5) is 0. The summed E-state index contributed by atoms with van der Waals surface area (Å²) < 4.78 is 5.62. The fraction of sp³-hybridized carbons (Fsp3) is 0.125. The Labute approximate surface area is 127 Å². The molecule has 0 aliphatic heterocycles. The lowest BCUT2D eigenvalue weighted by atomic mass is 10.2. The number of aromatic nitrogens is 2. The van der Waals surface area contributed by atoms with Crippen LogP contribution in [-0.4, -0.2) is 10.2 Å². The van der Waals surface area contributed by atoms with Gasteiger partial charge in [-0.1, -0.05) is 41.9 Å². The van der Waals surface area contributed by atoms with E-state index in [-0.39, 0.29) is 0 Å². The van der Waals surface area contributed by atoms with Crippen LogP contribution in [0, 0.1) is 0 Å². The van der Waals surface area contributed by atoms with E-state index >= 15 is 0 Å². The summed E-state index contributed by atoms with van der Waals surface area (Å²) >= 11 is 5.84. The van der Waals surface area contributed by atoms with Crippen molar-refractivity contribution >= 4 is 17.3 Å². The van der Waals surface area contributed by atoms with Crippen molar-refractivity contribution in [3.63, 3.8) is 0 Å². The van der Waals surface area contributed by atoms with E-state index in [9.17, 15) is 0 Å². The zero-order chi connectivity index (χ0) is 14.5. The number of hydrogen-bond donors (Lipinski definition) is 1. The van der Waals surface area contributed by atoms with Crippen molar-refractivity contribution in [2.24, 2.45) is 0 Å². The number of benzene rings is 2. The number of halogens is 1. The van der Waals surface area contributed by atoms with Gasteiger partial charge in [0, 0.05) is 10.7 Å². The molecule has 0 saturated carbocycles. The lowest BCUT2D eigenvalue weighted by Gasteiger charge is -2.02. The highest BCUT2D eigenvalue weighted by atomic mass is 35.5. The minimum Gasteiger partial charge on any atom is -0.423 e. The van der Waals surface area contributed by atoms with Crippen LogP contribution in [0.4, 0.5) is 5.69 Å². The van der Waals surface area contributed by atoms with Gasteiger partial charge >= 0.3 is 0 Å². The van der Waals surface area contributed by atoms with E-state index in [4.69, 9.17) is 16.0 Å². The SMILES string of the molecule is Clc1ccc(NCc2nnc(Cc3ccccc3)o2)cc1. The Morgan fingerprint density at radius 2 is 1.62 bits per heavy atom. The van der Waals surface area contributed by atoms with E-state index in [1.165, 1.54) is 0 Å². The summed E-state index contributed by atoms with van der Waals surface area (Å²) in [6.45, 7) is 0.490. The molecule has 1 heterocycles. The van der Waals surface area contributed by atoms with Crippen LogP contribution < -0.4 is 5.32 Å². The van der Waals surface area contributed by atoms with E-state index in [0.29, 0.717) is 29.8 Å². The molecule has 0 fully saturated rings. The molecule has 0 unspecified atom stereocenters. The predicted molar refractivity (Wildman–Crippen MR) is 82.3 cm³/mol. The molecule has 0 radical (unpaired) electrons. The van der Waals surface area contributed by atoms with E-state index in [2.05, 4.69) is 15.5 Å². The first-order valence-electron chi connectivity index (χ1n) is 6.64. The Morgan fingerprint density at radius 1 is 0.905 bits per heavy atom. The molecule has 1 aromatic heterocycles. The maximum Gasteiger partial charge on any atom is 0.235 e. The third-order valence-electron chi connectivity index (χ3n) is 2.99.